The third kappa shape index (κ3) is 2.29. The molecule has 0 unspecified atom stereocenters. The summed E-state index contributed by atoms with van der Waals surface area (Å²) in [6.07, 6.45) is 0. The number of carbonyl (C=O) groups excluding carboxylic acids is 1. The molecule has 1 aromatic carbocycles. The summed E-state index contributed by atoms with van der Waals surface area (Å²) in [6.45, 7) is 1.34. The summed E-state index contributed by atoms with van der Waals surface area (Å²) in [6, 6.07) is 4.45. The van der Waals surface area contributed by atoms with Crippen LogP contribution in [0.4, 0.5) is 11.4 Å². The van der Waals surface area contributed by atoms with E-state index in [1.807, 2.05) is 0 Å². The number of nitrogens with one attached hydrogen (secondary N) is 1. The Hall–Kier alpha value is -1.43. The predicted molar refractivity (Wildman–Crippen MR) is 55.1 cm³/mol. The number of amides is 1. The van der Waals surface area contributed by atoms with E-state index < -0.39 is 4.92 Å². The minimum absolute atomic E-state index is 0.0729. The fourth-order valence-electron chi connectivity index (χ4n) is 0.947. The maximum atomic E-state index is 10.7. The highest BCUT2D eigenvalue weighted by molar-refractivity contribution is 9.10. The lowest BCUT2D eigenvalue weighted by atomic mass is 10.3. The van der Waals surface area contributed by atoms with Gasteiger partial charge in [0.25, 0.3) is 5.69 Å². The van der Waals surface area contributed by atoms with Gasteiger partial charge in [-0.2, -0.15) is 0 Å². The lowest BCUT2D eigenvalue weighted by molar-refractivity contribution is -0.385. The molecule has 1 aromatic rings. The zero-order valence-corrected chi connectivity index (χ0v) is 8.87. The molecule has 0 aliphatic heterocycles. The summed E-state index contributed by atoms with van der Waals surface area (Å²) in [5.74, 6) is -0.272. The second kappa shape index (κ2) is 4.19. The number of nitro groups is 1. The van der Waals surface area contributed by atoms with Crippen molar-refractivity contribution in [2.24, 2.45) is 0 Å². The van der Waals surface area contributed by atoms with Gasteiger partial charge < -0.3 is 5.32 Å². The maximum absolute atomic E-state index is 10.7. The van der Waals surface area contributed by atoms with Crippen molar-refractivity contribution in [2.75, 3.05) is 5.32 Å². The van der Waals surface area contributed by atoms with Crippen LogP contribution in [-0.2, 0) is 4.79 Å². The monoisotopic (exact) mass is 258 g/mol. The zero-order valence-electron chi connectivity index (χ0n) is 7.28. The largest absolute Gasteiger partial charge is 0.325 e. The van der Waals surface area contributed by atoms with Crippen LogP contribution in [0.3, 0.4) is 0 Å². The Morgan fingerprint density at radius 2 is 2.21 bits per heavy atom. The van der Waals surface area contributed by atoms with Crippen LogP contribution in [-0.4, -0.2) is 10.8 Å². The number of nitrogens with zero attached hydrogens (tertiary/aromatic N) is 1. The first-order valence-corrected chi connectivity index (χ1v) is 4.52. The summed E-state index contributed by atoms with van der Waals surface area (Å²) < 4.78 is 0.278. The number of halogens is 1. The van der Waals surface area contributed by atoms with E-state index in [0.29, 0.717) is 5.69 Å². The van der Waals surface area contributed by atoms with Gasteiger partial charge in [0.1, 0.15) is 4.47 Å². The third-order valence-electron chi connectivity index (χ3n) is 1.49. The quantitative estimate of drug-likeness (QED) is 0.654. The van der Waals surface area contributed by atoms with Crippen molar-refractivity contribution < 1.29 is 9.72 Å². The molecular formula is C8H7BrN2O3. The number of hydrogen-bond donors (Lipinski definition) is 1. The highest BCUT2D eigenvalue weighted by Gasteiger charge is 2.14. The fraction of sp³-hybridized carbons (Fsp3) is 0.125. The fourth-order valence-corrected chi connectivity index (χ4v) is 1.46. The Balaban J connectivity index is 3.13. The minimum Gasteiger partial charge on any atom is -0.325 e. The highest BCUT2D eigenvalue weighted by atomic mass is 79.9. The van der Waals surface area contributed by atoms with Gasteiger partial charge in [-0.05, 0) is 22.0 Å². The lowest BCUT2D eigenvalue weighted by Crippen LogP contribution is -2.06. The van der Waals surface area contributed by atoms with Crippen LogP contribution in [0.15, 0.2) is 22.7 Å². The molecule has 0 spiro atoms. The Labute approximate surface area is 88.4 Å². The maximum Gasteiger partial charge on any atom is 0.285 e. The molecule has 0 saturated heterocycles. The molecule has 14 heavy (non-hydrogen) atoms. The predicted octanol–water partition coefficient (Wildman–Crippen LogP) is 2.32. The summed E-state index contributed by atoms with van der Waals surface area (Å²) in [7, 11) is 0. The van der Waals surface area contributed by atoms with Gasteiger partial charge in [-0.15, -0.1) is 0 Å². The Morgan fingerprint density at radius 1 is 1.57 bits per heavy atom. The molecule has 0 aliphatic rings. The van der Waals surface area contributed by atoms with Crippen LogP contribution in [0.25, 0.3) is 0 Å². The third-order valence-corrected chi connectivity index (χ3v) is 2.32. The molecule has 0 heterocycles. The Morgan fingerprint density at radius 3 is 2.71 bits per heavy atom. The first-order valence-electron chi connectivity index (χ1n) is 3.73. The van der Waals surface area contributed by atoms with E-state index in [-0.39, 0.29) is 16.1 Å². The number of rotatable bonds is 2. The molecule has 0 saturated carbocycles. The lowest BCUT2D eigenvalue weighted by Gasteiger charge is -2.04. The smallest absolute Gasteiger partial charge is 0.285 e. The number of anilines is 1. The van der Waals surface area contributed by atoms with Crippen LogP contribution < -0.4 is 5.32 Å². The van der Waals surface area contributed by atoms with Crippen molar-refractivity contribution in [3.05, 3.63) is 32.8 Å². The first kappa shape index (κ1) is 10.6. The van der Waals surface area contributed by atoms with E-state index >= 15 is 0 Å². The topological polar surface area (TPSA) is 72.2 Å². The molecule has 74 valence electrons. The van der Waals surface area contributed by atoms with Crippen molar-refractivity contribution in [2.45, 2.75) is 6.92 Å². The number of carbonyl (C=O) groups is 1. The molecule has 6 heteroatoms. The van der Waals surface area contributed by atoms with E-state index in [1.54, 1.807) is 6.07 Å². The normalized spacial score (nSPS) is 9.57. The summed E-state index contributed by atoms with van der Waals surface area (Å²) >= 11 is 3.05. The standard InChI is InChI=1S/C8H7BrN2O3/c1-5(12)10-6-3-2-4-7(8(6)9)11(13)14/h2-4H,1H3,(H,10,12). The van der Waals surface area contributed by atoms with Gasteiger partial charge in [0.2, 0.25) is 5.91 Å². The van der Waals surface area contributed by atoms with Crippen molar-refractivity contribution in [3.8, 4) is 0 Å². The van der Waals surface area contributed by atoms with Crippen molar-refractivity contribution in [3.63, 3.8) is 0 Å². The second-order valence-electron chi connectivity index (χ2n) is 2.58. The minimum atomic E-state index is -0.518. The molecule has 0 radical (unpaired) electrons. The summed E-state index contributed by atoms with van der Waals surface area (Å²) in [5.41, 5.74) is 0.322. The average molecular weight is 259 g/mol. The first-order chi connectivity index (χ1) is 6.52. The SMILES string of the molecule is CC(=O)Nc1cccc([N+](=O)[O-])c1Br. The van der Waals surface area contributed by atoms with Gasteiger partial charge in [0, 0.05) is 13.0 Å². The van der Waals surface area contributed by atoms with Crippen LogP contribution in [0.2, 0.25) is 0 Å². The number of nitro benzene ring substituents is 1. The Kier molecular flexibility index (Phi) is 3.19. The van der Waals surface area contributed by atoms with Crippen LogP contribution in [0.5, 0.6) is 0 Å². The van der Waals surface area contributed by atoms with E-state index in [9.17, 15) is 14.9 Å². The summed E-state index contributed by atoms with van der Waals surface area (Å²) in [5, 5.41) is 13.0. The molecule has 0 aromatic heterocycles. The van der Waals surface area contributed by atoms with E-state index in [2.05, 4.69) is 21.2 Å². The van der Waals surface area contributed by atoms with Crippen LogP contribution in [0, 0.1) is 10.1 Å². The van der Waals surface area contributed by atoms with Gasteiger partial charge in [-0.25, -0.2) is 0 Å². The van der Waals surface area contributed by atoms with Gasteiger partial charge >= 0.3 is 0 Å². The van der Waals surface area contributed by atoms with Gasteiger partial charge in [-0.1, -0.05) is 6.07 Å². The molecule has 1 rings (SSSR count). The Bertz CT molecular complexity index is 392. The molecule has 0 atom stereocenters. The van der Waals surface area contributed by atoms with Crippen molar-refractivity contribution in [1.29, 1.82) is 0 Å². The molecule has 0 aliphatic carbocycles. The van der Waals surface area contributed by atoms with Crippen LogP contribution >= 0.6 is 15.9 Å². The molecule has 0 bridgehead atoms. The molecule has 0 fully saturated rings. The van der Waals surface area contributed by atoms with Gasteiger partial charge in [-0.3, -0.25) is 14.9 Å². The zero-order chi connectivity index (χ0) is 10.7. The number of benzene rings is 1. The van der Waals surface area contributed by atoms with E-state index in [1.165, 1.54) is 19.1 Å². The van der Waals surface area contributed by atoms with E-state index in [4.69, 9.17) is 0 Å². The molecular weight excluding hydrogens is 252 g/mol. The van der Waals surface area contributed by atoms with Gasteiger partial charge in [0.05, 0.1) is 10.6 Å². The van der Waals surface area contributed by atoms with Crippen molar-refractivity contribution >= 4 is 33.2 Å². The van der Waals surface area contributed by atoms with E-state index in [0.717, 1.165) is 0 Å². The molecule has 1 N–H and O–H groups in total. The van der Waals surface area contributed by atoms with Crippen LogP contribution in [0.1, 0.15) is 6.92 Å². The second-order valence-corrected chi connectivity index (χ2v) is 3.37. The average Bonchev–Trinajstić information content (AvgIpc) is 2.07. The molecule has 5 nitrogen and oxygen atoms in total. The number of hydrogen-bond acceptors (Lipinski definition) is 3. The highest BCUT2D eigenvalue weighted by Crippen LogP contribution is 2.31. The van der Waals surface area contributed by atoms with Gasteiger partial charge in [0.15, 0.2) is 0 Å². The summed E-state index contributed by atoms with van der Waals surface area (Å²) in [4.78, 5) is 20.7. The van der Waals surface area contributed by atoms with Crippen molar-refractivity contribution in [1.82, 2.24) is 0 Å². The molecule has 1 amide bonds.